The molecule has 360 valence electrons. The van der Waals surface area contributed by atoms with E-state index >= 15 is 4.20 Å². The quantitative estimate of drug-likeness (QED) is 0.147. The predicted molar refractivity (Wildman–Crippen MR) is 279 cm³/mol. The van der Waals surface area contributed by atoms with Gasteiger partial charge in [-0.05, 0) is 0 Å². The average molecular weight is 967 g/mol. The Kier molecular flexibility index (Phi) is 17.5. The van der Waals surface area contributed by atoms with Crippen molar-refractivity contribution in [3.05, 3.63) is 0 Å². The Hall–Kier alpha value is 0.280. The van der Waals surface area contributed by atoms with Gasteiger partial charge in [0.25, 0.3) is 0 Å². The summed E-state index contributed by atoms with van der Waals surface area (Å²) >= 11 is 0. The van der Waals surface area contributed by atoms with Crippen LogP contribution in [0.25, 0.3) is 0 Å². The van der Waals surface area contributed by atoms with Crippen molar-refractivity contribution < 1.29 is 4.20 Å². The van der Waals surface area contributed by atoms with Crippen LogP contribution in [0.4, 0.5) is 4.20 Å². The summed E-state index contributed by atoms with van der Waals surface area (Å²) in [5.41, 5.74) is 0.431. The van der Waals surface area contributed by atoms with Crippen molar-refractivity contribution in [2.45, 2.75) is 48.3 Å². The third-order valence-electron chi connectivity index (χ3n) is 14.0. The SMILES string of the molecule is CN(C)P1CCC(N(C)C)(N(C)C)C1=NP(F)(N=C1P(N(C)C)CCC1(N(C)C)N(C)C)(N=C1P(N(C)C)CCC1(N(C)C)N(C)C)N=C1P(N(C)C)CCC1(N(C)C)N(C)C. The van der Waals surface area contributed by atoms with Crippen LogP contribution in [0.3, 0.4) is 0 Å². The first-order chi connectivity index (χ1) is 28.4. The van der Waals surface area contributed by atoms with E-state index in [1.54, 1.807) is 0 Å². The van der Waals surface area contributed by atoms with Crippen molar-refractivity contribution in [2.24, 2.45) is 19.1 Å². The third-order valence-corrected chi connectivity index (χ3v) is 27.1. The zero-order chi connectivity index (χ0) is 47.5. The van der Waals surface area contributed by atoms with E-state index in [0.29, 0.717) is 0 Å². The molecule has 4 atom stereocenters. The topological polar surface area (TPSA) is 88.3 Å². The van der Waals surface area contributed by atoms with E-state index in [-0.39, 0.29) is 0 Å². The summed E-state index contributed by atoms with van der Waals surface area (Å²) in [6, 6.07) is 0. The summed E-state index contributed by atoms with van der Waals surface area (Å²) in [6.07, 6.45) is 6.64. The molecule has 0 aromatic rings. The first-order valence-electron chi connectivity index (χ1n) is 21.8. The molecule has 4 rings (SSSR count). The van der Waals surface area contributed by atoms with E-state index in [0.717, 1.165) is 72.1 Å². The van der Waals surface area contributed by atoms with Gasteiger partial charge in [0, 0.05) is 0 Å². The van der Waals surface area contributed by atoms with Crippen LogP contribution in [0.5, 0.6) is 0 Å². The van der Waals surface area contributed by atoms with Crippen LogP contribution in [-0.2, 0) is 0 Å². The van der Waals surface area contributed by atoms with Crippen molar-refractivity contribution >= 4 is 61.6 Å². The molecule has 4 aliphatic heterocycles. The van der Waals surface area contributed by atoms with Crippen LogP contribution in [0.1, 0.15) is 25.7 Å². The first kappa shape index (κ1) is 54.9. The van der Waals surface area contributed by atoms with Gasteiger partial charge in [-0.15, -0.1) is 0 Å². The molecule has 62 heavy (non-hydrogen) atoms. The second-order valence-electron chi connectivity index (χ2n) is 19.8. The van der Waals surface area contributed by atoms with Crippen LogP contribution in [0.15, 0.2) is 19.1 Å². The Labute approximate surface area is 383 Å². The van der Waals surface area contributed by atoms with E-state index in [1.807, 2.05) is 0 Å². The number of hydrogen-bond acceptors (Lipinski definition) is 16. The molecule has 22 heteroatoms. The molecule has 0 spiro atoms. The van der Waals surface area contributed by atoms with Gasteiger partial charge in [-0.1, -0.05) is 0 Å². The summed E-state index contributed by atoms with van der Waals surface area (Å²) < 4.78 is 55.1. The fourth-order valence-corrected chi connectivity index (χ4v) is 26.1. The van der Waals surface area contributed by atoms with Gasteiger partial charge >= 0.3 is 385 Å². The van der Waals surface area contributed by atoms with Crippen LogP contribution < -0.4 is 0 Å². The molecule has 16 nitrogen and oxygen atoms in total. The molecule has 0 aliphatic carbocycles. The van der Waals surface area contributed by atoms with Crippen LogP contribution in [0, 0.1) is 0 Å². The maximum atomic E-state index is 22.2. The molecule has 4 heterocycles. The van der Waals surface area contributed by atoms with E-state index < -0.39 is 62.5 Å². The predicted octanol–water partition coefficient (Wildman–Crippen LogP) is 5.41. The minimum absolute atomic E-state index is 0.696. The van der Waals surface area contributed by atoms with E-state index in [1.165, 1.54) is 0 Å². The summed E-state index contributed by atoms with van der Waals surface area (Å²) in [6.45, 7) is 0. The fourth-order valence-electron chi connectivity index (χ4n) is 10.6. The van der Waals surface area contributed by atoms with Crippen molar-refractivity contribution in [1.29, 1.82) is 0 Å². The number of halogens is 1. The van der Waals surface area contributed by atoms with Gasteiger partial charge in [0.15, 0.2) is 0 Å². The molecule has 4 saturated heterocycles. The van der Waals surface area contributed by atoms with Gasteiger partial charge in [0.1, 0.15) is 0 Å². The normalized spacial score (nSPS) is 30.0. The molecule has 4 aliphatic rings. The number of nitrogens with zero attached hydrogens (tertiary/aromatic N) is 16. The number of rotatable bonds is 16. The summed E-state index contributed by atoms with van der Waals surface area (Å²) in [5, 5.41) is 0. The molecule has 0 amide bonds. The van der Waals surface area contributed by atoms with E-state index in [2.05, 4.69) is 227 Å². The Morgan fingerprint density at radius 1 is 0.323 bits per heavy atom. The van der Waals surface area contributed by atoms with Gasteiger partial charge in [-0.25, -0.2) is 0 Å². The molecule has 0 aromatic heterocycles. The van der Waals surface area contributed by atoms with Gasteiger partial charge < -0.3 is 0 Å². The van der Waals surface area contributed by atoms with Gasteiger partial charge in [0.2, 0.25) is 0 Å². The second-order valence-corrected chi connectivity index (χ2v) is 32.2. The standard InChI is InChI=1S/C40H88FN16P5/c1-46(2)37(47(3)4)25-29-58(54(17)18)33(37)42-62(41,43-34-38(48(5)6,49(7)8)26-30-59(34)55(19)20,44-35-39(50(9)10,51(11)12)27-31-60(35)56(21)22)45-36-40(52(13)14,53(15)16)28-32-61(36)57(23)24/h25-32H2,1-24H3. The Balaban J connectivity index is 2.59. The van der Waals surface area contributed by atoms with E-state index in [9.17, 15) is 0 Å². The van der Waals surface area contributed by atoms with Gasteiger partial charge in [0.05, 0.1) is 0 Å². The van der Waals surface area contributed by atoms with Crippen LogP contribution in [0.2, 0.25) is 0 Å². The first-order valence-corrected chi connectivity index (χ1v) is 29.6. The van der Waals surface area contributed by atoms with Gasteiger partial charge in [-0.3, -0.25) is 0 Å². The Morgan fingerprint density at radius 2 is 0.468 bits per heavy atom. The average Bonchev–Trinajstić information content (AvgIpc) is 3.89. The molecule has 4 fully saturated rings. The molecule has 0 aromatic carbocycles. The van der Waals surface area contributed by atoms with Crippen molar-refractivity contribution in [3.8, 4) is 0 Å². The fraction of sp³-hybridized carbons (Fsp3) is 0.900. The molecule has 0 saturated carbocycles. The zero-order valence-corrected chi connectivity index (χ0v) is 47.9. The van der Waals surface area contributed by atoms with Crippen molar-refractivity contribution in [3.63, 3.8) is 0 Å². The van der Waals surface area contributed by atoms with E-state index in [4.69, 9.17) is 19.1 Å². The van der Waals surface area contributed by atoms with Crippen LogP contribution >= 0.6 is 39.8 Å². The summed E-state index contributed by atoms with van der Waals surface area (Å²) in [7, 11) is 40.4. The molecule has 0 N–H and O–H groups in total. The third kappa shape index (κ3) is 9.13. The second kappa shape index (κ2) is 19.7. The summed E-state index contributed by atoms with van der Waals surface area (Å²) in [5.74, 6) is 0. The molecule has 0 bridgehead atoms. The van der Waals surface area contributed by atoms with Crippen LogP contribution in [-0.4, -0.2) is 296 Å². The van der Waals surface area contributed by atoms with Crippen molar-refractivity contribution in [1.82, 2.24) is 57.9 Å². The maximum absolute atomic E-state index is 22.2. The molecule has 4 unspecified atom stereocenters. The monoisotopic (exact) mass is 967 g/mol. The molecular formula is C40H88FN16P5. The zero-order valence-electron chi connectivity index (χ0n) is 43.4. The van der Waals surface area contributed by atoms with Crippen molar-refractivity contribution in [2.75, 3.05) is 194 Å². The molecular weight excluding hydrogens is 878 g/mol. The Bertz CT molecular complexity index is 1440. The summed E-state index contributed by atoms with van der Waals surface area (Å²) in [4.78, 5) is 18.0. The Morgan fingerprint density at radius 3 is 0.581 bits per heavy atom. The minimum atomic E-state index is -6.09. The molecule has 0 radical (unpaired) electrons. The van der Waals surface area contributed by atoms with Gasteiger partial charge in [-0.2, -0.15) is 0 Å². The number of hydrogen-bond donors (Lipinski definition) is 0.